The van der Waals surface area contributed by atoms with Crippen molar-refractivity contribution in [1.29, 1.82) is 0 Å². The number of halogens is 2. The van der Waals surface area contributed by atoms with E-state index in [0.29, 0.717) is 29.7 Å². The van der Waals surface area contributed by atoms with E-state index in [1.165, 1.54) is 6.33 Å². The first-order chi connectivity index (χ1) is 14.7. The molecule has 4 atom stereocenters. The highest BCUT2D eigenvalue weighted by Gasteiger charge is 2.57. The van der Waals surface area contributed by atoms with Gasteiger partial charge in [-0.15, -0.1) is 0 Å². The molecule has 2 aromatic rings. The van der Waals surface area contributed by atoms with Crippen LogP contribution in [0.5, 0.6) is 0 Å². The molecule has 3 saturated heterocycles. The van der Waals surface area contributed by atoms with Crippen LogP contribution in [0.3, 0.4) is 0 Å². The van der Waals surface area contributed by atoms with Gasteiger partial charge in [-0.2, -0.15) is 0 Å². The molecule has 1 spiro atoms. The van der Waals surface area contributed by atoms with Crippen molar-refractivity contribution in [2.75, 3.05) is 39.0 Å². The molecule has 0 aliphatic carbocycles. The average Bonchev–Trinajstić information content (AvgIpc) is 3.34. The van der Waals surface area contributed by atoms with E-state index in [1.807, 2.05) is 7.05 Å². The van der Waals surface area contributed by atoms with Crippen LogP contribution in [0.1, 0.15) is 25.5 Å². The summed E-state index contributed by atoms with van der Waals surface area (Å²) in [5.41, 5.74) is 5.75. The lowest BCUT2D eigenvalue weighted by atomic mass is 9.84. The first-order valence-corrected chi connectivity index (χ1v) is 10.6. The maximum atomic E-state index is 14.4. The van der Waals surface area contributed by atoms with Gasteiger partial charge in [0.05, 0.1) is 11.9 Å². The molecular weight excluding hydrogens is 410 g/mol. The number of piperidine rings is 1. The molecular formula is C20H28F2N6O3. The van der Waals surface area contributed by atoms with Crippen LogP contribution in [0.15, 0.2) is 18.6 Å². The Hall–Kier alpha value is -1.92. The van der Waals surface area contributed by atoms with Crippen molar-refractivity contribution in [2.24, 2.45) is 0 Å². The van der Waals surface area contributed by atoms with Crippen LogP contribution < -0.4 is 5.73 Å². The van der Waals surface area contributed by atoms with E-state index in [2.05, 4.69) is 14.9 Å². The second-order valence-corrected chi connectivity index (χ2v) is 9.21. The molecule has 0 radical (unpaired) electrons. The number of likely N-dealkylation sites (tertiary alicyclic amines) is 2. The van der Waals surface area contributed by atoms with Crippen LogP contribution in [0, 0.1) is 0 Å². The summed E-state index contributed by atoms with van der Waals surface area (Å²) in [5, 5.41) is 22.0. The van der Waals surface area contributed by atoms with Crippen molar-refractivity contribution in [3.05, 3.63) is 18.6 Å². The van der Waals surface area contributed by atoms with Gasteiger partial charge in [0.15, 0.2) is 6.23 Å². The van der Waals surface area contributed by atoms with Gasteiger partial charge >= 0.3 is 0 Å². The second-order valence-electron chi connectivity index (χ2n) is 9.21. The molecule has 3 aliphatic heterocycles. The summed E-state index contributed by atoms with van der Waals surface area (Å²) < 4.78 is 36.5. The molecule has 9 nitrogen and oxygen atoms in total. The Balaban J connectivity index is 1.38. The monoisotopic (exact) mass is 438 g/mol. The summed E-state index contributed by atoms with van der Waals surface area (Å²) in [7, 11) is 1.99. The number of ether oxygens (including phenoxy) is 1. The number of rotatable bonds is 3. The van der Waals surface area contributed by atoms with Crippen molar-refractivity contribution < 1.29 is 23.7 Å². The Bertz CT molecular complexity index is 964. The highest BCUT2D eigenvalue weighted by Crippen LogP contribution is 2.46. The minimum atomic E-state index is -2.78. The molecule has 0 amide bonds. The normalized spacial score (nSPS) is 33.6. The van der Waals surface area contributed by atoms with Crippen LogP contribution in [0.2, 0.25) is 0 Å². The van der Waals surface area contributed by atoms with Crippen LogP contribution in [-0.2, 0) is 4.74 Å². The lowest BCUT2D eigenvalue weighted by Gasteiger charge is -2.44. The number of hydrogen-bond donors (Lipinski definition) is 3. The predicted octanol–water partition coefficient (Wildman–Crippen LogP) is 0.438. The summed E-state index contributed by atoms with van der Waals surface area (Å²) in [6.45, 7) is 1.27. The quantitative estimate of drug-likeness (QED) is 0.633. The maximum absolute atomic E-state index is 14.4. The third-order valence-electron chi connectivity index (χ3n) is 7.15. The second kappa shape index (κ2) is 7.31. The van der Waals surface area contributed by atoms with Crippen molar-refractivity contribution in [1.82, 2.24) is 24.3 Å². The van der Waals surface area contributed by atoms with E-state index in [-0.39, 0.29) is 19.5 Å². The van der Waals surface area contributed by atoms with E-state index in [0.717, 1.165) is 13.1 Å². The van der Waals surface area contributed by atoms with Crippen molar-refractivity contribution >= 4 is 16.9 Å². The Kier molecular flexibility index (Phi) is 4.94. The van der Waals surface area contributed by atoms with Gasteiger partial charge in [0.2, 0.25) is 0 Å². The molecule has 4 N–H and O–H groups in total. The van der Waals surface area contributed by atoms with Crippen LogP contribution >= 0.6 is 0 Å². The van der Waals surface area contributed by atoms with Crippen LogP contribution in [0.25, 0.3) is 11.0 Å². The van der Waals surface area contributed by atoms with Gasteiger partial charge in [0.1, 0.15) is 36.1 Å². The Morgan fingerprint density at radius 1 is 1.23 bits per heavy atom. The van der Waals surface area contributed by atoms with E-state index >= 15 is 0 Å². The fraction of sp³-hybridized carbons (Fsp3) is 0.700. The minimum Gasteiger partial charge on any atom is -0.387 e. The molecule has 3 fully saturated rings. The van der Waals surface area contributed by atoms with Gasteiger partial charge in [0, 0.05) is 24.7 Å². The third-order valence-corrected chi connectivity index (χ3v) is 7.15. The topological polar surface area (TPSA) is 113 Å². The summed E-state index contributed by atoms with van der Waals surface area (Å²) in [6, 6.07) is 1.72. The van der Waals surface area contributed by atoms with Crippen LogP contribution in [0.4, 0.5) is 14.6 Å². The molecule has 2 aromatic heterocycles. The van der Waals surface area contributed by atoms with E-state index in [9.17, 15) is 19.0 Å². The maximum Gasteiger partial charge on any atom is 0.262 e. The number of aromatic nitrogens is 3. The summed E-state index contributed by atoms with van der Waals surface area (Å²) >= 11 is 0. The highest BCUT2D eigenvalue weighted by molar-refractivity contribution is 5.86. The molecule has 3 aliphatic rings. The summed E-state index contributed by atoms with van der Waals surface area (Å²) in [6.07, 6.45) is -0.0431. The number of hydrogen-bond acceptors (Lipinski definition) is 8. The van der Waals surface area contributed by atoms with Gasteiger partial charge in [-0.05, 0) is 39.0 Å². The summed E-state index contributed by atoms with van der Waals surface area (Å²) in [5.74, 6) is -2.47. The fourth-order valence-electron chi connectivity index (χ4n) is 5.40. The van der Waals surface area contributed by atoms with E-state index < -0.39 is 36.0 Å². The van der Waals surface area contributed by atoms with E-state index in [1.54, 1.807) is 21.7 Å². The Morgan fingerprint density at radius 2 is 1.97 bits per heavy atom. The molecule has 0 unspecified atom stereocenters. The van der Waals surface area contributed by atoms with Crippen molar-refractivity contribution in [3.63, 3.8) is 0 Å². The number of nitrogens with zero attached hydrogens (tertiary/aromatic N) is 5. The fourth-order valence-corrected chi connectivity index (χ4v) is 5.40. The minimum absolute atomic E-state index is 0.129. The molecule has 0 saturated carbocycles. The lowest BCUT2D eigenvalue weighted by molar-refractivity contribution is -0.0583. The number of aliphatic hydroxyl groups is 2. The lowest BCUT2D eigenvalue weighted by Crippen LogP contribution is -2.54. The number of aliphatic hydroxyl groups excluding tert-OH is 2. The Morgan fingerprint density at radius 3 is 2.71 bits per heavy atom. The van der Waals surface area contributed by atoms with Gasteiger partial charge in [0.25, 0.3) is 5.92 Å². The largest absolute Gasteiger partial charge is 0.387 e. The zero-order valence-electron chi connectivity index (χ0n) is 17.4. The first-order valence-electron chi connectivity index (χ1n) is 10.6. The van der Waals surface area contributed by atoms with Gasteiger partial charge < -0.3 is 30.2 Å². The molecule has 0 bridgehead atoms. The number of nitrogens with two attached hydrogens (primary N) is 1. The van der Waals surface area contributed by atoms with E-state index in [4.69, 9.17) is 10.5 Å². The molecule has 0 aromatic carbocycles. The summed E-state index contributed by atoms with van der Waals surface area (Å²) in [4.78, 5) is 12.1. The third kappa shape index (κ3) is 3.48. The van der Waals surface area contributed by atoms with Crippen LogP contribution in [-0.4, -0.2) is 97.5 Å². The zero-order valence-corrected chi connectivity index (χ0v) is 17.4. The van der Waals surface area contributed by atoms with Gasteiger partial charge in [-0.3, -0.25) is 4.90 Å². The Labute approximate surface area is 178 Å². The highest BCUT2D eigenvalue weighted by atomic mass is 19.3. The van der Waals surface area contributed by atoms with Crippen molar-refractivity contribution in [2.45, 2.75) is 55.3 Å². The first kappa shape index (κ1) is 21.0. The number of anilines is 1. The van der Waals surface area contributed by atoms with Gasteiger partial charge in [-0.1, -0.05) is 0 Å². The smallest absolute Gasteiger partial charge is 0.262 e. The SMILES string of the molecule is CN1CCC2(CC1)CC(F)(F)CN2C[C@H]1O[C@@H](n2ccc3c(N)ncnc32)[C@H](O)[C@@H]1O. The molecule has 5 rings (SSSR count). The number of alkyl halides is 2. The molecule has 5 heterocycles. The average molecular weight is 438 g/mol. The predicted molar refractivity (Wildman–Crippen MR) is 108 cm³/mol. The molecule has 11 heteroatoms. The zero-order chi connectivity index (χ0) is 22.0. The van der Waals surface area contributed by atoms with Crippen molar-refractivity contribution in [3.8, 4) is 0 Å². The molecule has 31 heavy (non-hydrogen) atoms. The van der Waals surface area contributed by atoms with Gasteiger partial charge in [-0.25, -0.2) is 18.7 Å². The molecule has 170 valence electrons. The number of nitrogen functional groups attached to an aromatic ring is 1. The number of fused-ring (bicyclic) bond motifs is 1. The standard InChI is InChI=1S/C20H28F2N6O3/c1-26-6-3-19(4-7-26)9-20(21,22)10-27(19)8-13-14(29)15(30)18(31-13)28-5-2-12-16(23)24-11-25-17(12)28/h2,5,11,13-15,18,29-30H,3-4,6-10H2,1H3,(H2,23,24,25)/t13-,14-,15-,18-/m1/s1.